The Morgan fingerprint density at radius 2 is 1.97 bits per heavy atom. The van der Waals surface area contributed by atoms with E-state index in [9.17, 15) is 9.59 Å². The molecule has 1 aliphatic rings. The van der Waals surface area contributed by atoms with Crippen molar-refractivity contribution in [3.63, 3.8) is 0 Å². The van der Waals surface area contributed by atoms with E-state index in [0.717, 1.165) is 16.5 Å². The molecule has 7 nitrogen and oxygen atoms in total. The van der Waals surface area contributed by atoms with Gasteiger partial charge in [0.1, 0.15) is 23.3 Å². The Kier molecular flexibility index (Phi) is 5.90. The van der Waals surface area contributed by atoms with Crippen molar-refractivity contribution >= 4 is 34.2 Å². The van der Waals surface area contributed by atoms with Gasteiger partial charge in [0.25, 0.3) is 5.56 Å². The highest BCUT2D eigenvalue weighted by molar-refractivity contribution is 7.07. The van der Waals surface area contributed by atoms with E-state index < -0.39 is 12.0 Å². The zero-order valence-electron chi connectivity index (χ0n) is 19.8. The van der Waals surface area contributed by atoms with Crippen LogP contribution in [-0.4, -0.2) is 24.3 Å². The second-order valence-electron chi connectivity index (χ2n) is 8.15. The van der Waals surface area contributed by atoms with Crippen molar-refractivity contribution in [1.29, 1.82) is 0 Å². The average molecular weight is 489 g/mol. The minimum absolute atomic E-state index is 0.206. The van der Waals surface area contributed by atoms with Crippen LogP contribution in [0.2, 0.25) is 0 Å². The third-order valence-electron chi connectivity index (χ3n) is 5.98. The molecule has 0 saturated carbocycles. The number of ether oxygens (including phenoxy) is 2. The molecular weight excluding hydrogens is 464 g/mol. The van der Waals surface area contributed by atoms with Crippen LogP contribution in [0.15, 0.2) is 74.0 Å². The summed E-state index contributed by atoms with van der Waals surface area (Å²) in [6.07, 6.45) is 1.71. The first-order chi connectivity index (χ1) is 16.9. The van der Waals surface area contributed by atoms with Crippen LogP contribution in [-0.2, 0) is 9.53 Å². The maximum Gasteiger partial charge on any atom is 0.338 e. The first-order valence-electron chi connectivity index (χ1n) is 11.2. The van der Waals surface area contributed by atoms with Gasteiger partial charge >= 0.3 is 5.97 Å². The molecule has 0 amide bonds. The van der Waals surface area contributed by atoms with Crippen LogP contribution in [0.4, 0.5) is 0 Å². The molecule has 4 aromatic rings. The topological polar surface area (TPSA) is 83.0 Å². The summed E-state index contributed by atoms with van der Waals surface area (Å²) in [7, 11) is 1.58. The van der Waals surface area contributed by atoms with Crippen LogP contribution in [0.5, 0.6) is 5.75 Å². The molecule has 35 heavy (non-hydrogen) atoms. The molecule has 0 radical (unpaired) electrons. The molecule has 0 saturated heterocycles. The molecule has 178 valence electrons. The number of carbonyl (C=O) groups is 1. The number of allylic oxidation sites excluding steroid dienone is 1. The van der Waals surface area contributed by atoms with Crippen molar-refractivity contribution in [3.05, 3.63) is 96.6 Å². The number of benzene rings is 2. The van der Waals surface area contributed by atoms with E-state index >= 15 is 0 Å². The van der Waals surface area contributed by atoms with Crippen molar-refractivity contribution < 1.29 is 18.7 Å². The summed E-state index contributed by atoms with van der Waals surface area (Å²) in [5, 5.41) is 1.85. The lowest BCUT2D eigenvalue weighted by Crippen LogP contribution is -2.40. The third kappa shape index (κ3) is 3.89. The molecule has 1 atom stereocenters. The van der Waals surface area contributed by atoms with E-state index in [-0.39, 0.29) is 12.2 Å². The lowest BCUT2D eigenvalue weighted by Gasteiger charge is -2.27. The predicted molar refractivity (Wildman–Crippen MR) is 134 cm³/mol. The highest BCUT2D eigenvalue weighted by Gasteiger charge is 2.36. The van der Waals surface area contributed by atoms with E-state index in [0.29, 0.717) is 37.7 Å². The number of hydrogen-bond donors (Lipinski definition) is 0. The van der Waals surface area contributed by atoms with Gasteiger partial charge in [0, 0.05) is 11.6 Å². The fourth-order valence-electron chi connectivity index (χ4n) is 4.46. The van der Waals surface area contributed by atoms with Gasteiger partial charge in [0.05, 0.1) is 29.5 Å². The maximum atomic E-state index is 13.8. The fourth-order valence-corrected chi connectivity index (χ4v) is 5.49. The number of nitrogens with zero attached hydrogens (tertiary/aromatic N) is 2. The summed E-state index contributed by atoms with van der Waals surface area (Å²) in [6.45, 7) is 5.57. The molecule has 0 spiro atoms. The van der Waals surface area contributed by atoms with Crippen LogP contribution in [0.1, 0.15) is 37.0 Å². The van der Waals surface area contributed by atoms with Crippen LogP contribution in [0.25, 0.3) is 16.8 Å². The van der Waals surface area contributed by atoms with Crippen LogP contribution < -0.4 is 19.6 Å². The number of rotatable bonds is 5. The second kappa shape index (κ2) is 9.03. The number of aryl methyl sites for hydroxylation is 1. The standard InChI is InChI=1S/C27H24N2O5S/c1-5-33-26(31)22-16(3)28-27-29(25(30)21(35-27)14-18-12-10-15(2)34-18)24(22)23-19-9-7-6-8-17(19)11-13-20(23)32-4/h6-14,24H,5H2,1-4H3/b21-14+. The van der Waals surface area contributed by atoms with Gasteiger partial charge in [0.15, 0.2) is 4.80 Å². The Bertz CT molecular complexity index is 1670. The lowest BCUT2D eigenvalue weighted by atomic mass is 9.90. The first kappa shape index (κ1) is 22.9. The number of hydrogen-bond acceptors (Lipinski definition) is 7. The van der Waals surface area contributed by atoms with Crippen molar-refractivity contribution in [1.82, 2.24) is 4.57 Å². The summed E-state index contributed by atoms with van der Waals surface area (Å²) < 4.78 is 18.9. The van der Waals surface area contributed by atoms with Gasteiger partial charge in [-0.3, -0.25) is 9.36 Å². The Morgan fingerprint density at radius 3 is 2.69 bits per heavy atom. The van der Waals surface area contributed by atoms with E-state index in [1.165, 1.54) is 11.3 Å². The van der Waals surface area contributed by atoms with Gasteiger partial charge in [-0.25, -0.2) is 9.79 Å². The van der Waals surface area contributed by atoms with E-state index in [1.54, 1.807) is 31.6 Å². The molecule has 0 N–H and O–H groups in total. The number of aromatic nitrogens is 1. The molecule has 2 aromatic heterocycles. The molecule has 0 fully saturated rings. The highest BCUT2D eigenvalue weighted by atomic mass is 32.1. The molecule has 1 aliphatic heterocycles. The molecule has 3 heterocycles. The van der Waals surface area contributed by atoms with Crippen molar-refractivity contribution in [3.8, 4) is 5.75 Å². The van der Waals surface area contributed by atoms with Gasteiger partial charge in [-0.2, -0.15) is 0 Å². The van der Waals surface area contributed by atoms with E-state index in [4.69, 9.17) is 13.9 Å². The van der Waals surface area contributed by atoms with Gasteiger partial charge in [-0.1, -0.05) is 41.7 Å². The van der Waals surface area contributed by atoms with Gasteiger partial charge in [0.2, 0.25) is 0 Å². The smallest absolute Gasteiger partial charge is 0.338 e. The third-order valence-corrected chi connectivity index (χ3v) is 6.96. The number of thiazole rings is 1. The predicted octanol–water partition coefficient (Wildman–Crippen LogP) is 3.86. The molecule has 5 rings (SSSR count). The summed E-state index contributed by atoms with van der Waals surface area (Å²) in [5.41, 5.74) is 1.26. The van der Waals surface area contributed by atoms with Gasteiger partial charge in [-0.05, 0) is 49.7 Å². The normalized spacial score (nSPS) is 15.8. The van der Waals surface area contributed by atoms with Crippen LogP contribution >= 0.6 is 11.3 Å². The molecular formula is C27H24N2O5S. The van der Waals surface area contributed by atoms with Crippen molar-refractivity contribution in [2.24, 2.45) is 4.99 Å². The summed E-state index contributed by atoms with van der Waals surface area (Å²) in [6, 6.07) is 14.5. The average Bonchev–Trinajstić information content (AvgIpc) is 3.39. The zero-order chi connectivity index (χ0) is 24.7. The molecule has 8 heteroatoms. The molecule has 0 aliphatic carbocycles. The zero-order valence-corrected chi connectivity index (χ0v) is 20.6. The minimum Gasteiger partial charge on any atom is -0.496 e. The number of methoxy groups -OCH3 is 1. The summed E-state index contributed by atoms with van der Waals surface area (Å²) in [5.74, 6) is 1.39. The first-order valence-corrected chi connectivity index (χ1v) is 12.1. The van der Waals surface area contributed by atoms with Crippen molar-refractivity contribution in [2.45, 2.75) is 26.8 Å². The Morgan fingerprint density at radius 1 is 1.17 bits per heavy atom. The Balaban J connectivity index is 1.86. The van der Waals surface area contributed by atoms with Crippen molar-refractivity contribution in [2.75, 3.05) is 13.7 Å². The van der Waals surface area contributed by atoms with E-state index in [1.807, 2.05) is 55.5 Å². The quantitative estimate of drug-likeness (QED) is 0.399. The number of carbonyl (C=O) groups excluding carboxylic acids is 1. The van der Waals surface area contributed by atoms with E-state index in [2.05, 4.69) is 4.99 Å². The second-order valence-corrected chi connectivity index (χ2v) is 9.16. The van der Waals surface area contributed by atoms with Gasteiger partial charge < -0.3 is 13.9 Å². The van der Waals surface area contributed by atoms with Crippen LogP contribution in [0, 0.1) is 6.92 Å². The Labute approximate surface area is 205 Å². The van der Waals surface area contributed by atoms with Crippen LogP contribution in [0.3, 0.4) is 0 Å². The Hall–Kier alpha value is -3.91. The minimum atomic E-state index is -0.771. The number of esters is 1. The highest BCUT2D eigenvalue weighted by Crippen LogP contribution is 2.40. The fraction of sp³-hybridized carbons (Fsp3) is 0.222. The number of fused-ring (bicyclic) bond motifs is 2. The largest absolute Gasteiger partial charge is 0.496 e. The van der Waals surface area contributed by atoms with Gasteiger partial charge in [-0.15, -0.1) is 0 Å². The monoisotopic (exact) mass is 488 g/mol. The number of furan rings is 1. The maximum absolute atomic E-state index is 13.8. The summed E-state index contributed by atoms with van der Waals surface area (Å²) >= 11 is 1.26. The summed E-state index contributed by atoms with van der Waals surface area (Å²) in [4.78, 5) is 32.2. The SMILES string of the molecule is CCOC(=O)C1=C(C)N=c2s/c(=C/c3ccc(C)o3)c(=O)n2C1c1c(OC)ccc2ccccc12. The molecule has 0 bridgehead atoms. The molecule has 1 unspecified atom stereocenters. The lowest BCUT2D eigenvalue weighted by molar-refractivity contribution is -0.139. The molecule has 2 aromatic carbocycles.